The second-order valence-corrected chi connectivity index (χ2v) is 5.68. The summed E-state index contributed by atoms with van der Waals surface area (Å²) in [5, 5.41) is 8.83. The second-order valence-electron chi connectivity index (χ2n) is 3.38. The van der Waals surface area contributed by atoms with Crippen LogP contribution in [0.3, 0.4) is 0 Å². The van der Waals surface area contributed by atoms with E-state index >= 15 is 0 Å². The number of pyridine rings is 1. The fourth-order valence-electron chi connectivity index (χ4n) is 1.25. The SMILES string of the molecule is O=C(O)c1ccc(S(=O)Cc2ccc(Br)cn2)o1. The van der Waals surface area contributed by atoms with Gasteiger partial charge in [0.2, 0.25) is 5.76 Å². The summed E-state index contributed by atoms with van der Waals surface area (Å²) in [6.07, 6.45) is 1.61. The van der Waals surface area contributed by atoms with Crippen LogP contribution in [0, 0.1) is 0 Å². The quantitative estimate of drug-likeness (QED) is 0.931. The zero-order valence-electron chi connectivity index (χ0n) is 9.00. The summed E-state index contributed by atoms with van der Waals surface area (Å²) >= 11 is 3.25. The van der Waals surface area contributed by atoms with Gasteiger partial charge in [0.25, 0.3) is 0 Å². The van der Waals surface area contributed by atoms with Gasteiger partial charge in [0.15, 0.2) is 5.09 Å². The van der Waals surface area contributed by atoms with Gasteiger partial charge in [-0.25, -0.2) is 4.79 Å². The first kappa shape index (κ1) is 13.0. The highest BCUT2D eigenvalue weighted by Gasteiger charge is 2.14. The van der Waals surface area contributed by atoms with E-state index in [1.165, 1.54) is 12.1 Å². The minimum Gasteiger partial charge on any atom is -0.475 e. The van der Waals surface area contributed by atoms with E-state index in [9.17, 15) is 9.00 Å². The molecule has 94 valence electrons. The molecule has 0 fully saturated rings. The summed E-state index contributed by atoms with van der Waals surface area (Å²) in [7, 11) is -1.44. The first-order valence-corrected chi connectivity index (χ1v) is 6.99. The Balaban J connectivity index is 2.11. The number of rotatable bonds is 4. The Morgan fingerprint density at radius 2 is 2.17 bits per heavy atom. The predicted molar refractivity (Wildman–Crippen MR) is 67.7 cm³/mol. The van der Waals surface area contributed by atoms with Gasteiger partial charge in [-0.2, -0.15) is 0 Å². The zero-order valence-corrected chi connectivity index (χ0v) is 11.4. The molecule has 7 heteroatoms. The molecule has 0 radical (unpaired) electrons. The molecule has 0 aromatic carbocycles. The van der Waals surface area contributed by atoms with Gasteiger partial charge in [0, 0.05) is 10.7 Å². The van der Waals surface area contributed by atoms with Crippen LogP contribution in [0.25, 0.3) is 0 Å². The predicted octanol–water partition coefficient (Wildman–Crippen LogP) is 2.44. The van der Waals surface area contributed by atoms with E-state index in [-0.39, 0.29) is 16.6 Å². The Kier molecular flexibility index (Phi) is 3.93. The van der Waals surface area contributed by atoms with Crippen molar-refractivity contribution in [2.75, 3.05) is 0 Å². The minimum absolute atomic E-state index is 0.136. The summed E-state index contributed by atoms with van der Waals surface area (Å²) in [5.74, 6) is -1.22. The topological polar surface area (TPSA) is 80.4 Å². The fourth-order valence-corrected chi connectivity index (χ4v) is 2.47. The molecule has 0 aliphatic carbocycles. The van der Waals surface area contributed by atoms with Crippen LogP contribution >= 0.6 is 15.9 Å². The highest BCUT2D eigenvalue weighted by molar-refractivity contribution is 9.10. The van der Waals surface area contributed by atoms with E-state index in [0.29, 0.717) is 5.69 Å². The van der Waals surface area contributed by atoms with Crippen molar-refractivity contribution in [3.8, 4) is 0 Å². The van der Waals surface area contributed by atoms with Gasteiger partial charge in [0.05, 0.1) is 22.2 Å². The Labute approximate surface area is 113 Å². The number of aromatic carboxylic acids is 1. The van der Waals surface area contributed by atoms with Crippen LogP contribution in [0.1, 0.15) is 16.2 Å². The van der Waals surface area contributed by atoms with Crippen molar-refractivity contribution in [2.45, 2.75) is 10.8 Å². The van der Waals surface area contributed by atoms with E-state index in [1.807, 2.05) is 0 Å². The molecule has 0 saturated heterocycles. The van der Waals surface area contributed by atoms with Gasteiger partial charge < -0.3 is 9.52 Å². The van der Waals surface area contributed by atoms with Crippen molar-refractivity contribution in [3.05, 3.63) is 46.4 Å². The molecule has 1 atom stereocenters. The molecule has 2 heterocycles. The average Bonchev–Trinajstić information content (AvgIpc) is 2.81. The Morgan fingerprint density at radius 3 is 2.72 bits per heavy atom. The van der Waals surface area contributed by atoms with E-state index in [2.05, 4.69) is 20.9 Å². The number of carbonyl (C=O) groups is 1. The number of nitrogens with zero attached hydrogens (tertiary/aromatic N) is 1. The Morgan fingerprint density at radius 1 is 1.39 bits per heavy atom. The van der Waals surface area contributed by atoms with Crippen molar-refractivity contribution < 1.29 is 18.5 Å². The van der Waals surface area contributed by atoms with Crippen LogP contribution < -0.4 is 0 Å². The molecule has 18 heavy (non-hydrogen) atoms. The van der Waals surface area contributed by atoms with Gasteiger partial charge in [-0.15, -0.1) is 0 Å². The van der Waals surface area contributed by atoms with Crippen molar-refractivity contribution in [1.29, 1.82) is 0 Å². The van der Waals surface area contributed by atoms with Gasteiger partial charge in [0.1, 0.15) is 0 Å². The van der Waals surface area contributed by atoms with E-state index < -0.39 is 16.8 Å². The molecule has 0 aliphatic rings. The maximum Gasteiger partial charge on any atom is 0.371 e. The van der Waals surface area contributed by atoms with Crippen LogP contribution in [0.5, 0.6) is 0 Å². The fraction of sp³-hybridized carbons (Fsp3) is 0.0909. The largest absolute Gasteiger partial charge is 0.475 e. The molecule has 1 N–H and O–H groups in total. The molecule has 0 amide bonds. The van der Waals surface area contributed by atoms with Gasteiger partial charge in [-0.3, -0.25) is 9.19 Å². The van der Waals surface area contributed by atoms with Crippen LogP contribution in [0.15, 0.2) is 44.4 Å². The lowest BCUT2D eigenvalue weighted by molar-refractivity contribution is 0.0656. The van der Waals surface area contributed by atoms with Crippen molar-refractivity contribution in [2.24, 2.45) is 0 Å². The lowest BCUT2D eigenvalue weighted by atomic mass is 10.4. The molecular formula is C11H8BrNO4S. The van der Waals surface area contributed by atoms with Crippen LogP contribution in [0.2, 0.25) is 0 Å². The number of halogens is 1. The summed E-state index contributed by atoms with van der Waals surface area (Å²) in [6, 6.07) is 6.22. The molecule has 0 saturated carbocycles. The second kappa shape index (κ2) is 5.45. The maximum atomic E-state index is 11.9. The van der Waals surface area contributed by atoms with Gasteiger partial charge >= 0.3 is 5.97 Å². The van der Waals surface area contributed by atoms with Crippen LogP contribution in [-0.4, -0.2) is 20.3 Å². The number of hydrogen-bond donors (Lipinski definition) is 1. The molecule has 2 rings (SSSR count). The molecule has 5 nitrogen and oxygen atoms in total. The molecule has 2 aromatic rings. The zero-order chi connectivity index (χ0) is 13.1. The number of aromatic nitrogens is 1. The Hall–Kier alpha value is -1.47. The number of hydrogen-bond acceptors (Lipinski definition) is 4. The highest BCUT2D eigenvalue weighted by Crippen LogP contribution is 2.16. The molecular weight excluding hydrogens is 322 g/mol. The normalized spacial score (nSPS) is 12.3. The lowest BCUT2D eigenvalue weighted by Crippen LogP contribution is -1.98. The minimum atomic E-state index is -1.44. The molecule has 2 aromatic heterocycles. The molecule has 0 bridgehead atoms. The first-order chi connectivity index (χ1) is 8.56. The monoisotopic (exact) mass is 329 g/mol. The average molecular weight is 330 g/mol. The van der Waals surface area contributed by atoms with Crippen LogP contribution in [-0.2, 0) is 16.6 Å². The summed E-state index contributed by atoms with van der Waals surface area (Å²) in [5.41, 5.74) is 0.643. The first-order valence-electron chi connectivity index (χ1n) is 4.88. The summed E-state index contributed by atoms with van der Waals surface area (Å²) < 4.78 is 17.7. The number of furan rings is 1. The third-order valence-electron chi connectivity index (χ3n) is 2.08. The van der Waals surface area contributed by atoms with Crippen molar-refractivity contribution in [3.63, 3.8) is 0 Å². The highest BCUT2D eigenvalue weighted by atomic mass is 79.9. The van der Waals surface area contributed by atoms with Gasteiger partial charge in [-0.05, 0) is 40.2 Å². The third kappa shape index (κ3) is 3.05. The number of carboxylic acid groups (broad SMARTS) is 1. The Bertz CT molecular complexity index is 593. The van der Waals surface area contributed by atoms with E-state index in [1.54, 1.807) is 18.3 Å². The smallest absolute Gasteiger partial charge is 0.371 e. The van der Waals surface area contributed by atoms with E-state index in [0.717, 1.165) is 4.47 Å². The molecule has 1 unspecified atom stereocenters. The summed E-state index contributed by atoms with van der Waals surface area (Å²) in [4.78, 5) is 14.7. The van der Waals surface area contributed by atoms with Gasteiger partial charge in [-0.1, -0.05) is 0 Å². The number of carboxylic acids is 1. The van der Waals surface area contributed by atoms with E-state index in [4.69, 9.17) is 9.52 Å². The van der Waals surface area contributed by atoms with Crippen LogP contribution in [0.4, 0.5) is 0 Å². The van der Waals surface area contributed by atoms with Crippen molar-refractivity contribution in [1.82, 2.24) is 4.98 Å². The van der Waals surface area contributed by atoms with Crippen molar-refractivity contribution >= 4 is 32.7 Å². The summed E-state index contributed by atoms with van der Waals surface area (Å²) in [6.45, 7) is 0. The molecule has 0 aliphatic heterocycles. The lowest BCUT2D eigenvalue weighted by Gasteiger charge is -1.99. The third-order valence-corrected chi connectivity index (χ3v) is 3.78. The maximum absolute atomic E-state index is 11.9. The standard InChI is InChI=1S/C11H8BrNO4S/c12-7-1-2-8(13-5-7)6-18(16)10-4-3-9(17-10)11(14)15/h1-5H,6H2,(H,14,15). The molecule has 0 spiro atoms.